The minimum atomic E-state index is -1.79. The van der Waals surface area contributed by atoms with Crippen LogP contribution in [0.15, 0.2) is 41.1 Å². The smallest absolute Gasteiger partial charge is 0.192 e. The zero-order chi connectivity index (χ0) is 24.2. The summed E-state index contributed by atoms with van der Waals surface area (Å²) in [5, 5.41) is 4.69. The number of benzene rings is 1. The number of methoxy groups -OCH3 is 1. The summed E-state index contributed by atoms with van der Waals surface area (Å²) in [6.45, 7) is 18.3. The summed E-state index contributed by atoms with van der Waals surface area (Å²) in [6.07, 6.45) is 4.34. The van der Waals surface area contributed by atoms with Crippen molar-refractivity contribution >= 4 is 25.4 Å². The maximum atomic E-state index is 12.8. The number of aromatic nitrogens is 2. The van der Waals surface area contributed by atoms with Crippen molar-refractivity contribution in [1.29, 1.82) is 0 Å². The molecule has 0 saturated carbocycles. The summed E-state index contributed by atoms with van der Waals surface area (Å²) in [4.78, 5) is 0. The molecule has 1 aromatic carbocycles. The molecule has 0 amide bonds. The van der Waals surface area contributed by atoms with Gasteiger partial charge in [-0.3, -0.25) is 4.68 Å². The van der Waals surface area contributed by atoms with Gasteiger partial charge in [0.25, 0.3) is 0 Å². The van der Waals surface area contributed by atoms with Crippen LogP contribution in [0.3, 0.4) is 0 Å². The van der Waals surface area contributed by atoms with Gasteiger partial charge < -0.3 is 13.7 Å². The van der Waals surface area contributed by atoms with E-state index in [1.165, 1.54) is 0 Å². The molecule has 1 aromatic heterocycles. The lowest BCUT2D eigenvalue weighted by molar-refractivity contribution is 0.266. The molecular formula is C24H39N3O3SSi. The number of nitrogens with zero attached hydrogens (tertiary/aromatic N) is 3. The molecule has 0 spiro atoms. The predicted octanol–water partition coefficient (Wildman–Crippen LogP) is 5.41. The highest BCUT2D eigenvalue weighted by Gasteiger charge is 2.37. The Morgan fingerprint density at radius 3 is 2.28 bits per heavy atom. The molecule has 1 atom stereocenters. The highest BCUT2D eigenvalue weighted by Crippen LogP contribution is 2.36. The molecule has 6 nitrogen and oxygen atoms in total. The zero-order valence-corrected chi connectivity index (χ0v) is 22.9. The van der Waals surface area contributed by atoms with Gasteiger partial charge in [0.05, 0.1) is 26.5 Å². The predicted molar refractivity (Wildman–Crippen MR) is 137 cm³/mol. The lowest BCUT2D eigenvalue weighted by Crippen LogP contribution is -2.41. The Hall–Kier alpha value is -1.61. The Kier molecular flexibility index (Phi) is 8.78. The summed E-state index contributed by atoms with van der Waals surface area (Å²) < 4.78 is 30.4. The minimum Gasteiger partial charge on any atom is -0.591 e. The van der Waals surface area contributed by atoms with E-state index in [1.54, 1.807) is 13.3 Å². The summed E-state index contributed by atoms with van der Waals surface area (Å²) in [5.41, 5.74) is 2.72. The molecule has 0 fully saturated rings. The SMILES string of the molecule is COc1ccc(CC(=N[S+]([O-])C(C)(C)C)c2cnn(CCO[Si](C)(C)C(C)(C)C)c2)cc1. The second kappa shape index (κ2) is 10.5. The Bertz CT molecular complexity index is 896. The topological polar surface area (TPSA) is 71.7 Å². The van der Waals surface area contributed by atoms with Crippen LogP contribution in [-0.4, -0.2) is 46.8 Å². The van der Waals surface area contributed by atoms with Crippen molar-refractivity contribution in [3.63, 3.8) is 0 Å². The van der Waals surface area contributed by atoms with E-state index in [9.17, 15) is 4.55 Å². The van der Waals surface area contributed by atoms with Crippen LogP contribution in [0.25, 0.3) is 0 Å². The second-order valence-electron chi connectivity index (χ2n) is 10.5. The first-order chi connectivity index (χ1) is 14.7. The van der Waals surface area contributed by atoms with Crippen molar-refractivity contribution in [2.24, 2.45) is 4.40 Å². The van der Waals surface area contributed by atoms with E-state index in [4.69, 9.17) is 9.16 Å². The van der Waals surface area contributed by atoms with Crippen LogP contribution in [-0.2, 0) is 28.8 Å². The molecule has 0 saturated heterocycles. The van der Waals surface area contributed by atoms with E-state index in [1.807, 2.05) is 55.9 Å². The summed E-state index contributed by atoms with van der Waals surface area (Å²) in [6, 6.07) is 7.86. The van der Waals surface area contributed by atoms with Gasteiger partial charge in [-0.05, 0) is 56.6 Å². The van der Waals surface area contributed by atoms with Crippen molar-refractivity contribution in [3.05, 3.63) is 47.8 Å². The largest absolute Gasteiger partial charge is 0.591 e. The van der Waals surface area contributed by atoms with E-state index in [2.05, 4.69) is 43.4 Å². The van der Waals surface area contributed by atoms with Gasteiger partial charge in [0.15, 0.2) is 8.32 Å². The molecule has 8 heteroatoms. The van der Waals surface area contributed by atoms with Crippen molar-refractivity contribution < 1.29 is 13.7 Å². The van der Waals surface area contributed by atoms with Crippen molar-refractivity contribution in [2.75, 3.05) is 13.7 Å². The summed E-state index contributed by atoms with van der Waals surface area (Å²) in [7, 11) is -0.140. The first-order valence-electron chi connectivity index (χ1n) is 11.0. The second-order valence-corrected chi connectivity index (χ2v) is 17.2. The third kappa shape index (κ3) is 7.47. The van der Waals surface area contributed by atoms with Crippen LogP contribution in [0, 0.1) is 0 Å². The molecule has 32 heavy (non-hydrogen) atoms. The molecule has 0 bridgehead atoms. The van der Waals surface area contributed by atoms with Gasteiger partial charge in [0.2, 0.25) is 0 Å². The molecular weight excluding hydrogens is 438 g/mol. The lowest BCUT2D eigenvalue weighted by atomic mass is 10.0. The van der Waals surface area contributed by atoms with Crippen molar-refractivity contribution in [3.8, 4) is 5.75 Å². The fraction of sp³-hybridized carbons (Fsp3) is 0.583. The number of hydrogen-bond donors (Lipinski definition) is 0. The fourth-order valence-electron chi connectivity index (χ4n) is 2.61. The average Bonchev–Trinajstić information content (AvgIpc) is 3.15. The quantitative estimate of drug-likeness (QED) is 0.275. The highest BCUT2D eigenvalue weighted by atomic mass is 32.2. The monoisotopic (exact) mass is 477 g/mol. The van der Waals surface area contributed by atoms with Gasteiger partial charge in [0.1, 0.15) is 27.6 Å². The zero-order valence-electron chi connectivity index (χ0n) is 21.1. The molecule has 0 aliphatic carbocycles. The van der Waals surface area contributed by atoms with Gasteiger partial charge >= 0.3 is 0 Å². The molecule has 0 aliphatic rings. The van der Waals surface area contributed by atoms with E-state index in [0.29, 0.717) is 19.6 Å². The Morgan fingerprint density at radius 1 is 1.12 bits per heavy atom. The Balaban J connectivity index is 2.19. The van der Waals surface area contributed by atoms with Gasteiger partial charge in [-0.15, -0.1) is 0 Å². The number of rotatable bonds is 9. The molecule has 178 valence electrons. The van der Waals surface area contributed by atoms with E-state index < -0.39 is 24.4 Å². The van der Waals surface area contributed by atoms with Gasteiger partial charge in [-0.2, -0.15) is 5.10 Å². The molecule has 1 heterocycles. The third-order valence-corrected chi connectivity index (χ3v) is 11.8. The van der Waals surface area contributed by atoms with Gasteiger partial charge in [0, 0.05) is 18.2 Å². The van der Waals surface area contributed by atoms with Gasteiger partial charge in [-0.1, -0.05) is 37.3 Å². The lowest BCUT2D eigenvalue weighted by Gasteiger charge is -2.36. The van der Waals surface area contributed by atoms with E-state index in [-0.39, 0.29) is 5.04 Å². The molecule has 2 aromatic rings. The Labute approximate surface area is 197 Å². The average molecular weight is 478 g/mol. The van der Waals surface area contributed by atoms with Crippen molar-refractivity contribution in [2.45, 2.75) is 77.4 Å². The number of ether oxygens (including phenoxy) is 1. The van der Waals surface area contributed by atoms with E-state index >= 15 is 0 Å². The Morgan fingerprint density at radius 2 is 1.75 bits per heavy atom. The van der Waals surface area contributed by atoms with Gasteiger partial charge in [-0.25, -0.2) is 0 Å². The maximum Gasteiger partial charge on any atom is 0.192 e. The normalized spacial score (nSPS) is 14.5. The summed E-state index contributed by atoms with van der Waals surface area (Å²) in [5.74, 6) is 0.806. The van der Waals surface area contributed by atoms with Crippen LogP contribution >= 0.6 is 0 Å². The third-order valence-electron chi connectivity index (χ3n) is 5.80. The van der Waals surface area contributed by atoms with Crippen LogP contribution in [0.5, 0.6) is 5.75 Å². The van der Waals surface area contributed by atoms with Crippen LogP contribution in [0.4, 0.5) is 0 Å². The van der Waals surface area contributed by atoms with Crippen LogP contribution in [0.1, 0.15) is 52.7 Å². The molecule has 0 N–H and O–H groups in total. The molecule has 0 radical (unpaired) electrons. The summed E-state index contributed by atoms with van der Waals surface area (Å²) >= 11 is -1.36. The molecule has 0 aliphatic heterocycles. The standard InChI is InChI=1S/C24H39N3O3SSi/c1-23(2,3)31(28)26-22(16-19-10-12-21(29-7)13-11-19)20-17-25-27(18-20)14-15-30-32(8,9)24(4,5)6/h10-13,17-18H,14-16H2,1-9H3. The number of hydrogen-bond acceptors (Lipinski definition) is 5. The highest BCUT2D eigenvalue weighted by molar-refractivity contribution is 7.91. The minimum absolute atomic E-state index is 0.178. The first-order valence-corrected chi connectivity index (χ1v) is 15.0. The van der Waals surface area contributed by atoms with Crippen molar-refractivity contribution in [1.82, 2.24) is 9.78 Å². The molecule has 2 rings (SSSR count). The maximum absolute atomic E-state index is 12.8. The van der Waals surface area contributed by atoms with Crippen LogP contribution in [0.2, 0.25) is 18.1 Å². The fourth-order valence-corrected chi connectivity index (χ4v) is 4.29. The molecule has 1 unspecified atom stereocenters. The first kappa shape index (κ1) is 26.6. The van der Waals surface area contributed by atoms with Crippen LogP contribution < -0.4 is 4.74 Å². The van der Waals surface area contributed by atoms with E-state index in [0.717, 1.165) is 22.6 Å².